The zero-order chi connectivity index (χ0) is 25.3. The molecule has 6 nitrogen and oxygen atoms in total. The van der Waals surface area contributed by atoms with Gasteiger partial charge in [0.1, 0.15) is 0 Å². The van der Waals surface area contributed by atoms with Gasteiger partial charge in [-0.05, 0) is 61.9 Å². The fourth-order valence-electron chi connectivity index (χ4n) is 5.37. The van der Waals surface area contributed by atoms with E-state index in [-0.39, 0.29) is 24.3 Å². The SMILES string of the molecule is Cc1cccc(C(=O)N2CCC([C@@H]3CN(c4ccc(C#N)c(C(F)(F)F)c4)C[C@H]3C(N)=O)CC2)c1. The van der Waals surface area contributed by atoms with E-state index in [9.17, 15) is 22.8 Å². The lowest BCUT2D eigenvalue weighted by Crippen LogP contribution is -2.42. The highest BCUT2D eigenvalue weighted by molar-refractivity contribution is 5.94. The van der Waals surface area contributed by atoms with E-state index in [1.54, 1.807) is 17.0 Å². The molecule has 2 saturated heterocycles. The number of amides is 2. The summed E-state index contributed by atoms with van der Waals surface area (Å²) in [5.41, 5.74) is 6.24. The van der Waals surface area contributed by atoms with Crippen molar-refractivity contribution in [2.24, 2.45) is 23.5 Å². The molecule has 2 aromatic carbocycles. The molecule has 0 radical (unpaired) electrons. The largest absolute Gasteiger partial charge is 0.417 e. The van der Waals surface area contributed by atoms with Gasteiger partial charge in [0.2, 0.25) is 5.91 Å². The Hall–Kier alpha value is -3.54. The van der Waals surface area contributed by atoms with Gasteiger partial charge in [0.15, 0.2) is 0 Å². The van der Waals surface area contributed by atoms with E-state index in [1.807, 2.05) is 30.0 Å². The van der Waals surface area contributed by atoms with Crippen molar-refractivity contribution in [2.45, 2.75) is 25.9 Å². The number of primary amides is 1. The monoisotopic (exact) mass is 484 g/mol. The molecule has 0 aliphatic carbocycles. The summed E-state index contributed by atoms with van der Waals surface area (Å²) in [6.07, 6.45) is -3.26. The Bertz CT molecular complexity index is 1170. The molecular weight excluding hydrogens is 457 g/mol. The lowest BCUT2D eigenvalue weighted by atomic mass is 9.78. The Morgan fingerprint density at radius 1 is 1.09 bits per heavy atom. The lowest BCUT2D eigenvalue weighted by molar-refractivity contribution is -0.137. The van der Waals surface area contributed by atoms with Crippen molar-refractivity contribution in [3.63, 3.8) is 0 Å². The third-order valence-electron chi connectivity index (χ3n) is 7.22. The van der Waals surface area contributed by atoms with Gasteiger partial charge >= 0.3 is 6.18 Å². The number of rotatable bonds is 4. The van der Waals surface area contributed by atoms with Gasteiger partial charge in [-0.3, -0.25) is 9.59 Å². The molecule has 184 valence electrons. The number of hydrogen-bond acceptors (Lipinski definition) is 4. The minimum absolute atomic E-state index is 0.0242. The Labute approximate surface area is 202 Å². The molecule has 2 N–H and O–H groups in total. The summed E-state index contributed by atoms with van der Waals surface area (Å²) in [6, 6.07) is 12.7. The second kappa shape index (κ2) is 9.61. The van der Waals surface area contributed by atoms with Crippen molar-refractivity contribution in [3.8, 4) is 6.07 Å². The van der Waals surface area contributed by atoms with Crippen LogP contribution in [0.4, 0.5) is 18.9 Å². The van der Waals surface area contributed by atoms with Crippen LogP contribution in [0.2, 0.25) is 0 Å². The molecule has 0 spiro atoms. The number of nitriles is 1. The molecule has 2 aliphatic rings. The van der Waals surface area contributed by atoms with Crippen molar-refractivity contribution in [3.05, 3.63) is 64.7 Å². The van der Waals surface area contributed by atoms with E-state index < -0.39 is 29.1 Å². The van der Waals surface area contributed by atoms with Gasteiger partial charge in [0, 0.05) is 37.4 Å². The third-order valence-corrected chi connectivity index (χ3v) is 7.22. The van der Waals surface area contributed by atoms with E-state index in [2.05, 4.69) is 0 Å². The fourth-order valence-corrected chi connectivity index (χ4v) is 5.37. The molecule has 2 heterocycles. The lowest BCUT2D eigenvalue weighted by Gasteiger charge is -2.36. The van der Waals surface area contributed by atoms with Crippen molar-refractivity contribution in [2.75, 3.05) is 31.1 Å². The highest BCUT2D eigenvalue weighted by atomic mass is 19.4. The number of nitrogens with two attached hydrogens (primary N) is 1. The first-order valence-electron chi connectivity index (χ1n) is 11.6. The Kier molecular flexibility index (Phi) is 6.75. The molecule has 0 bridgehead atoms. The van der Waals surface area contributed by atoms with Crippen LogP contribution in [0.3, 0.4) is 0 Å². The van der Waals surface area contributed by atoms with E-state index in [4.69, 9.17) is 11.0 Å². The summed E-state index contributed by atoms with van der Waals surface area (Å²) in [5, 5.41) is 9.06. The van der Waals surface area contributed by atoms with E-state index in [0.717, 1.165) is 11.6 Å². The Morgan fingerprint density at radius 2 is 1.80 bits per heavy atom. The summed E-state index contributed by atoms with van der Waals surface area (Å²) < 4.78 is 40.3. The summed E-state index contributed by atoms with van der Waals surface area (Å²) in [6.45, 7) is 3.66. The number of carbonyl (C=O) groups is 2. The zero-order valence-corrected chi connectivity index (χ0v) is 19.4. The number of carbonyl (C=O) groups excluding carboxylic acids is 2. The molecule has 2 aliphatic heterocycles. The van der Waals surface area contributed by atoms with Gasteiger partial charge in [0.25, 0.3) is 5.91 Å². The molecule has 2 aromatic rings. The molecular formula is C26H27F3N4O2. The highest BCUT2D eigenvalue weighted by Crippen LogP contribution is 2.40. The zero-order valence-electron chi connectivity index (χ0n) is 19.4. The molecule has 2 atom stereocenters. The first-order valence-corrected chi connectivity index (χ1v) is 11.6. The van der Waals surface area contributed by atoms with Gasteiger partial charge in [0.05, 0.1) is 23.1 Å². The minimum Gasteiger partial charge on any atom is -0.370 e. The number of halogens is 3. The van der Waals surface area contributed by atoms with Gasteiger partial charge in [-0.25, -0.2) is 0 Å². The first kappa shape index (κ1) is 24.6. The van der Waals surface area contributed by atoms with Crippen LogP contribution in [0.1, 0.15) is 39.9 Å². The molecule has 4 rings (SSSR count). The summed E-state index contributed by atoms with van der Waals surface area (Å²) in [5.74, 6) is -0.985. The van der Waals surface area contributed by atoms with Crippen molar-refractivity contribution in [1.82, 2.24) is 4.90 Å². The van der Waals surface area contributed by atoms with Crippen LogP contribution < -0.4 is 10.6 Å². The topological polar surface area (TPSA) is 90.4 Å². The highest BCUT2D eigenvalue weighted by Gasteiger charge is 2.43. The van der Waals surface area contributed by atoms with Crippen LogP contribution in [0, 0.1) is 36.0 Å². The molecule has 0 unspecified atom stereocenters. The second-order valence-corrected chi connectivity index (χ2v) is 9.42. The van der Waals surface area contributed by atoms with E-state index >= 15 is 0 Å². The summed E-state index contributed by atoms with van der Waals surface area (Å²) in [4.78, 5) is 28.7. The van der Waals surface area contributed by atoms with Crippen LogP contribution in [0.25, 0.3) is 0 Å². The van der Waals surface area contributed by atoms with Crippen LogP contribution in [-0.4, -0.2) is 42.9 Å². The minimum atomic E-state index is -4.65. The maximum Gasteiger partial charge on any atom is 0.417 e. The number of alkyl halides is 3. The average molecular weight is 485 g/mol. The standard InChI is InChI=1S/C26H27F3N4O2/c1-16-3-2-4-18(11-16)25(35)32-9-7-17(8-10-32)21-14-33(15-22(21)24(31)34)20-6-5-19(13-30)23(12-20)26(27,28)29/h2-6,11-12,17,21-22H,7-10,14-15H2,1H3,(H2,31,34)/t21-,22+/m0/s1. The van der Waals surface area contributed by atoms with E-state index in [0.29, 0.717) is 43.7 Å². The number of nitrogens with zero attached hydrogens (tertiary/aromatic N) is 3. The van der Waals surface area contributed by atoms with Gasteiger partial charge < -0.3 is 15.5 Å². The number of piperidine rings is 1. The van der Waals surface area contributed by atoms with Crippen molar-refractivity contribution < 1.29 is 22.8 Å². The smallest absolute Gasteiger partial charge is 0.370 e. The number of hydrogen-bond donors (Lipinski definition) is 1. The number of benzene rings is 2. The van der Waals surface area contributed by atoms with Crippen molar-refractivity contribution in [1.29, 1.82) is 5.26 Å². The van der Waals surface area contributed by atoms with Gasteiger partial charge in [-0.2, -0.15) is 18.4 Å². The fraction of sp³-hybridized carbons (Fsp3) is 0.423. The number of aryl methyl sites for hydroxylation is 1. The maximum absolute atomic E-state index is 13.4. The average Bonchev–Trinajstić information content (AvgIpc) is 3.29. The molecule has 0 saturated carbocycles. The molecule has 35 heavy (non-hydrogen) atoms. The van der Waals surface area contributed by atoms with Crippen molar-refractivity contribution >= 4 is 17.5 Å². The first-order chi connectivity index (χ1) is 16.6. The molecule has 2 fully saturated rings. The predicted octanol–water partition coefficient (Wildman–Crippen LogP) is 3.98. The maximum atomic E-state index is 13.4. The number of anilines is 1. The van der Waals surface area contributed by atoms with Crippen LogP contribution in [0.15, 0.2) is 42.5 Å². The Morgan fingerprint density at radius 3 is 2.40 bits per heavy atom. The third kappa shape index (κ3) is 5.11. The van der Waals surface area contributed by atoms with Crippen LogP contribution in [0.5, 0.6) is 0 Å². The molecule has 0 aromatic heterocycles. The van der Waals surface area contributed by atoms with Gasteiger partial charge in [-0.15, -0.1) is 0 Å². The number of likely N-dealkylation sites (tertiary alicyclic amines) is 1. The molecule has 2 amide bonds. The van der Waals surface area contributed by atoms with Crippen LogP contribution >= 0.6 is 0 Å². The normalized spacial score (nSPS) is 21.1. The van der Waals surface area contributed by atoms with Crippen LogP contribution in [-0.2, 0) is 11.0 Å². The summed E-state index contributed by atoms with van der Waals surface area (Å²) in [7, 11) is 0. The quantitative estimate of drug-likeness (QED) is 0.711. The van der Waals surface area contributed by atoms with E-state index in [1.165, 1.54) is 12.1 Å². The summed E-state index contributed by atoms with van der Waals surface area (Å²) >= 11 is 0. The van der Waals surface area contributed by atoms with Gasteiger partial charge in [-0.1, -0.05) is 17.7 Å². The Balaban J connectivity index is 1.48. The molecule has 9 heteroatoms. The second-order valence-electron chi connectivity index (χ2n) is 9.42. The predicted molar refractivity (Wildman–Crippen MR) is 124 cm³/mol.